The molecule has 0 amide bonds. The first-order chi connectivity index (χ1) is 10.3. The van der Waals surface area contributed by atoms with Crippen LogP contribution in [0.1, 0.15) is 43.0 Å². The van der Waals surface area contributed by atoms with Crippen molar-refractivity contribution < 1.29 is 4.39 Å². The minimum atomic E-state index is -0.173. The normalized spacial score (nSPS) is 17.0. The predicted octanol–water partition coefficient (Wildman–Crippen LogP) is 4.24. The van der Waals surface area contributed by atoms with Crippen molar-refractivity contribution in [2.24, 2.45) is 5.92 Å². The molecule has 0 spiro atoms. The van der Waals surface area contributed by atoms with Gasteiger partial charge in [0.1, 0.15) is 5.82 Å². The van der Waals surface area contributed by atoms with E-state index < -0.39 is 0 Å². The highest BCUT2D eigenvalue weighted by atomic mass is 19.1. The number of halogens is 1. The van der Waals surface area contributed by atoms with Gasteiger partial charge in [0.2, 0.25) is 0 Å². The number of nitrogens with one attached hydrogen (secondary N) is 1. The minimum absolute atomic E-state index is 0.173. The van der Waals surface area contributed by atoms with Crippen molar-refractivity contribution >= 4 is 0 Å². The smallest absolute Gasteiger partial charge is 0.123 e. The van der Waals surface area contributed by atoms with E-state index in [-0.39, 0.29) is 11.9 Å². The summed E-state index contributed by atoms with van der Waals surface area (Å²) in [7, 11) is 0. The van der Waals surface area contributed by atoms with Gasteiger partial charge in [-0.15, -0.1) is 0 Å². The largest absolute Gasteiger partial charge is 0.304 e. The fraction of sp³-hybridized carbons (Fsp3) is 0.389. The van der Waals surface area contributed by atoms with Gasteiger partial charge in [0.15, 0.2) is 0 Å². The van der Waals surface area contributed by atoms with Crippen LogP contribution in [-0.4, -0.2) is 4.98 Å². The fourth-order valence-electron chi connectivity index (χ4n) is 3.23. The minimum Gasteiger partial charge on any atom is -0.304 e. The second kappa shape index (κ2) is 6.81. The van der Waals surface area contributed by atoms with Gasteiger partial charge in [-0.1, -0.05) is 31.0 Å². The lowest BCUT2D eigenvalue weighted by atomic mass is 9.91. The van der Waals surface area contributed by atoms with Crippen molar-refractivity contribution in [1.82, 2.24) is 10.3 Å². The molecular weight excluding hydrogens is 263 g/mol. The maximum atomic E-state index is 13.1. The lowest BCUT2D eigenvalue weighted by molar-refractivity contribution is 0.364. The molecule has 1 fully saturated rings. The number of hydrogen-bond acceptors (Lipinski definition) is 2. The fourth-order valence-corrected chi connectivity index (χ4v) is 3.23. The van der Waals surface area contributed by atoms with Crippen molar-refractivity contribution in [1.29, 1.82) is 0 Å². The van der Waals surface area contributed by atoms with Gasteiger partial charge in [-0.25, -0.2) is 4.39 Å². The number of hydrogen-bond donors (Lipinski definition) is 1. The Morgan fingerprint density at radius 2 is 1.86 bits per heavy atom. The summed E-state index contributed by atoms with van der Waals surface area (Å²) in [6.45, 7) is 0.749. The van der Waals surface area contributed by atoms with E-state index in [1.165, 1.54) is 31.2 Å². The molecule has 1 heterocycles. The van der Waals surface area contributed by atoms with E-state index in [2.05, 4.69) is 10.3 Å². The summed E-state index contributed by atoms with van der Waals surface area (Å²) in [5.41, 5.74) is 2.22. The van der Waals surface area contributed by atoms with Crippen LogP contribution in [0.25, 0.3) is 0 Å². The Morgan fingerprint density at radius 1 is 1.10 bits per heavy atom. The molecular formula is C18H21FN2. The third-order valence-electron chi connectivity index (χ3n) is 4.33. The summed E-state index contributed by atoms with van der Waals surface area (Å²) < 4.78 is 13.1. The quantitative estimate of drug-likeness (QED) is 0.888. The molecule has 2 aromatic rings. The summed E-state index contributed by atoms with van der Waals surface area (Å²) in [5, 5.41) is 3.63. The van der Waals surface area contributed by atoms with Gasteiger partial charge < -0.3 is 5.32 Å². The second-order valence-electron chi connectivity index (χ2n) is 5.78. The number of benzene rings is 1. The van der Waals surface area contributed by atoms with Crippen molar-refractivity contribution in [2.45, 2.75) is 38.3 Å². The van der Waals surface area contributed by atoms with E-state index in [9.17, 15) is 4.39 Å². The number of rotatable bonds is 5. The van der Waals surface area contributed by atoms with Crippen LogP contribution >= 0.6 is 0 Å². The number of nitrogens with zero attached hydrogens (tertiary/aromatic N) is 1. The van der Waals surface area contributed by atoms with Gasteiger partial charge in [-0.3, -0.25) is 4.98 Å². The Labute approximate surface area is 125 Å². The van der Waals surface area contributed by atoms with Gasteiger partial charge in [0.25, 0.3) is 0 Å². The molecule has 3 rings (SSSR count). The Bertz CT molecular complexity index is 547. The van der Waals surface area contributed by atoms with E-state index >= 15 is 0 Å². The highest BCUT2D eigenvalue weighted by molar-refractivity contribution is 5.21. The zero-order valence-corrected chi connectivity index (χ0v) is 12.1. The highest BCUT2D eigenvalue weighted by Gasteiger charge is 2.26. The molecule has 0 radical (unpaired) electrons. The van der Waals surface area contributed by atoms with Crippen LogP contribution in [0.3, 0.4) is 0 Å². The van der Waals surface area contributed by atoms with Crippen LogP contribution in [0, 0.1) is 11.7 Å². The zero-order chi connectivity index (χ0) is 14.5. The van der Waals surface area contributed by atoms with Crippen molar-refractivity contribution in [3.05, 3.63) is 65.7 Å². The maximum Gasteiger partial charge on any atom is 0.123 e. The standard InChI is InChI=1S/C18H21FN2/c19-16-10-8-15(9-11-16)18(14-5-1-2-6-14)21-13-17-7-3-4-12-20-17/h3-4,7-12,14,18,21H,1-2,5-6,13H2. The molecule has 1 saturated carbocycles. The van der Waals surface area contributed by atoms with Crippen molar-refractivity contribution in [2.75, 3.05) is 0 Å². The summed E-state index contributed by atoms with van der Waals surface area (Å²) in [4.78, 5) is 4.36. The van der Waals surface area contributed by atoms with Crippen LogP contribution in [-0.2, 0) is 6.54 Å². The molecule has 110 valence electrons. The SMILES string of the molecule is Fc1ccc(C(NCc2ccccn2)C2CCCC2)cc1. The van der Waals surface area contributed by atoms with Gasteiger partial charge in [0, 0.05) is 18.8 Å². The summed E-state index contributed by atoms with van der Waals surface area (Å²) in [5.74, 6) is 0.466. The van der Waals surface area contributed by atoms with Crippen LogP contribution < -0.4 is 5.32 Å². The van der Waals surface area contributed by atoms with Gasteiger partial charge in [-0.2, -0.15) is 0 Å². The molecule has 0 aliphatic heterocycles. The molecule has 3 heteroatoms. The zero-order valence-electron chi connectivity index (χ0n) is 12.1. The van der Waals surface area contributed by atoms with Crippen LogP contribution in [0.4, 0.5) is 4.39 Å². The summed E-state index contributed by atoms with van der Waals surface area (Å²) in [6.07, 6.45) is 6.91. The molecule has 1 unspecified atom stereocenters. The first-order valence-electron chi connectivity index (χ1n) is 7.72. The first-order valence-corrected chi connectivity index (χ1v) is 7.72. The predicted molar refractivity (Wildman–Crippen MR) is 82.2 cm³/mol. The maximum absolute atomic E-state index is 13.1. The molecule has 1 aromatic heterocycles. The highest BCUT2D eigenvalue weighted by Crippen LogP contribution is 2.35. The Balaban J connectivity index is 1.74. The number of aromatic nitrogens is 1. The van der Waals surface area contributed by atoms with E-state index in [1.807, 2.05) is 36.5 Å². The van der Waals surface area contributed by atoms with Crippen molar-refractivity contribution in [3.8, 4) is 0 Å². The molecule has 21 heavy (non-hydrogen) atoms. The Morgan fingerprint density at radius 3 is 2.52 bits per heavy atom. The lowest BCUT2D eigenvalue weighted by Crippen LogP contribution is -2.27. The molecule has 2 nitrogen and oxygen atoms in total. The molecule has 1 aliphatic carbocycles. The van der Waals surface area contributed by atoms with Crippen LogP contribution in [0.5, 0.6) is 0 Å². The lowest BCUT2D eigenvalue weighted by Gasteiger charge is -2.25. The summed E-state index contributed by atoms with van der Waals surface area (Å²) in [6, 6.07) is 13.2. The first kappa shape index (κ1) is 14.2. The molecule has 1 aliphatic rings. The van der Waals surface area contributed by atoms with E-state index in [0.717, 1.165) is 12.2 Å². The molecule has 1 atom stereocenters. The Hall–Kier alpha value is -1.74. The monoisotopic (exact) mass is 284 g/mol. The van der Waals surface area contributed by atoms with Gasteiger partial charge in [-0.05, 0) is 48.6 Å². The Kier molecular flexibility index (Phi) is 4.61. The van der Waals surface area contributed by atoms with Crippen LogP contribution in [0.2, 0.25) is 0 Å². The molecule has 0 bridgehead atoms. The third kappa shape index (κ3) is 3.67. The van der Waals surface area contributed by atoms with Gasteiger partial charge >= 0.3 is 0 Å². The van der Waals surface area contributed by atoms with Crippen LogP contribution in [0.15, 0.2) is 48.7 Å². The average molecular weight is 284 g/mol. The average Bonchev–Trinajstić information content (AvgIpc) is 3.04. The van der Waals surface area contributed by atoms with E-state index in [1.54, 1.807) is 12.1 Å². The third-order valence-corrected chi connectivity index (χ3v) is 4.33. The molecule has 1 aromatic carbocycles. The summed E-state index contributed by atoms with van der Waals surface area (Å²) >= 11 is 0. The van der Waals surface area contributed by atoms with E-state index in [4.69, 9.17) is 0 Å². The second-order valence-corrected chi connectivity index (χ2v) is 5.78. The van der Waals surface area contributed by atoms with Crippen molar-refractivity contribution in [3.63, 3.8) is 0 Å². The molecule has 0 saturated heterocycles. The molecule has 1 N–H and O–H groups in total. The number of pyridine rings is 1. The van der Waals surface area contributed by atoms with Gasteiger partial charge in [0.05, 0.1) is 5.69 Å². The topological polar surface area (TPSA) is 24.9 Å². The van der Waals surface area contributed by atoms with E-state index in [0.29, 0.717) is 5.92 Å².